The molecule has 2 heterocycles. The van der Waals surface area contributed by atoms with E-state index in [-0.39, 0.29) is 31.1 Å². The number of likely N-dealkylation sites (tertiary alicyclic amines) is 1. The molecule has 0 radical (unpaired) electrons. The number of piperidine rings is 1. The van der Waals surface area contributed by atoms with Gasteiger partial charge in [-0.1, -0.05) is 6.07 Å². The summed E-state index contributed by atoms with van der Waals surface area (Å²) in [4.78, 5) is 29.7. The standard InChI is InChI=1S/C17H26N4O5S/c1-3-26-17(23)20-10-7-14(8-11-20)19-16(22)13-21(27(2,24)25)12-15-6-4-5-9-18-15/h4-6,9,14H,3,7-8,10-13H2,1-2H3,(H,19,22). The van der Waals surface area contributed by atoms with E-state index in [1.807, 2.05) is 0 Å². The topological polar surface area (TPSA) is 109 Å². The molecule has 150 valence electrons. The molecule has 0 unspecified atom stereocenters. The van der Waals surface area contributed by atoms with E-state index in [2.05, 4.69) is 10.3 Å². The number of hydrogen-bond acceptors (Lipinski definition) is 6. The number of sulfonamides is 1. The van der Waals surface area contributed by atoms with Crippen LogP contribution in [-0.2, 0) is 26.1 Å². The number of ether oxygens (including phenoxy) is 1. The molecule has 10 heteroatoms. The van der Waals surface area contributed by atoms with Crippen LogP contribution < -0.4 is 5.32 Å². The predicted molar refractivity (Wildman–Crippen MR) is 99.3 cm³/mol. The Bertz CT molecular complexity index is 733. The van der Waals surface area contributed by atoms with Gasteiger partial charge in [0.15, 0.2) is 0 Å². The summed E-state index contributed by atoms with van der Waals surface area (Å²) in [5.41, 5.74) is 0.568. The van der Waals surface area contributed by atoms with E-state index < -0.39 is 10.0 Å². The molecule has 0 spiro atoms. The van der Waals surface area contributed by atoms with Crippen LogP contribution in [0.1, 0.15) is 25.5 Å². The van der Waals surface area contributed by atoms with Crippen LogP contribution >= 0.6 is 0 Å². The molecule has 1 aromatic heterocycles. The number of hydrogen-bond donors (Lipinski definition) is 1. The second-order valence-corrected chi connectivity index (χ2v) is 8.36. The molecule has 0 aliphatic carbocycles. The Kier molecular flexibility index (Phi) is 7.55. The van der Waals surface area contributed by atoms with Gasteiger partial charge < -0.3 is 15.0 Å². The van der Waals surface area contributed by atoms with E-state index in [1.54, 1.807) is 36.2 Å². The van der Waals surface area contributed by atoms with E-state index in [1.165, 1.54) is 0 Å². The zero-order chi connectivity index (χ0) is 19.9. The van der Waals surface area contributed by atoms with Gasteiger partial charge in [-0.3, -0.25) is 9.78 Å². The van der Waals surface area contributed by atoms with Gasteiger partial charge in [-0.25, -0.2) is 13.2 Å². The van der Waals surface area contributed by atoms with E-state index >= 15 is 0 Å². The van der Waals surface area contributed by atoms with Crippen LogP contribution in [0.2, 0.25) is 0 Å². The summed E-state index contributed by atoms with van der Waals surface area (Å²) in [6.07, 6.45) is 3.50. The van der Waals surface area contributed by atoms with E-state index in [4.69, 9.17) is 4.74 Å². The van der Waals surface area contributed by atoms with Crippen LogP contribution in [0.15, 0.2) is 24.4 Å². The molecule has 27 heavy (non-hydrogen) atoms. The number of carbonyl (C=O) groups is 2. The summed E-state index contributed by atoms with van der Waals surface area (Å²) >= 11 is 0. The average molecular weight is 398 g/mol. The molecule has 1 N–H and O–H groups in total. The van der Waals surface area contributed by atoms with Crippen LogP contribution in [0, 0.1) is 0 Å². The smallest absolute Gasteiger partial charge is 0.409 e. The number of pyridine rings is 1. The first-order valence-corrected chi connectivity index (χ1v) is 10.7. The van der Waals surface area contributed by atoms with Crippen molar-refractivity contribution in [1.29, 1.82) is 0 Å². The van der Waals surface area contributed by atoms with Crippen LogP contribution in [0.4, 0.5) is 4.79 Å². The molecule has 1 fully saturated rings. The Morgan fingerprint density at radius 2 is 2.04 bits per heavy atom. The number of aromatic nitrogens is 1. The third kappa shape index (κ3) is 6.79. The third-order valence-electron chi connectivity index (χ3n) is 4.24. The van der Waals surface area contributed by atoms with Crippen molar-refractivity contribution in [2.75, 3.05) is 32.5 Å². The maximum Gasteiger partial charge on any atom is 0.409 e. The van der Waals surface area contributed by atoms with Gasteiger partial charge in [0.1, 0.15) is 0 Å². The molecule has 1 aliphatic heterocycles. The van der Waals surface area contributed by atoms with Gasteiger partial charge in [0.25, 0.3) is 0 Å². The molecule has 1 saturated heterocycles. The number of nitrogens with one attached hydrogen (secondary N) is 1. The summed E-state index contributed by atoms with van der Waals surface area (Å²) in [6.45, 7) is 2.83. The molecular formula is C17H26N4O5S. The predicted octanol–water partition coefficient (Wildman–Crippen LogP) is 0.580. The van der Waals surface area contributed by atoms with Gasteiger partial charge in [0.05, 0.1) is 31.6 Å². The lowest BCUT2D eigenvalue weighted by Gasteiger charge is -2.32. The fourth-order valence-corrected chi connectivity index (χ4v) is 3.54. The van der Waals surface area contributed by atoms with Gasteiger partial charge in [0, 0.05) is 25.3 Å². The zero-order valence-electron chi connectivity index (χ0n) is 15.6. The van der Waals surface area contributed by atoms with E-state index in [0.717, 1.165) is 10.6 Å². The summed E-state index contributed by atoms with van der Waals surface area (Å²) in [6, 6.07) is 5.12. The lowest BCUT2D eigenvalue weighted by Crippen LogP contribution is -2.49. The molecule has 1 aromatic rings. The SMILES string of the molecule is CCOC(=O)N1CCC(NC(=O)CN(Cc2ccccn2)S(C)(=O)=O)CC1. The number of carbonyl (C=O) groups excluding carboxylic acids is 2. The summed E-state index contributed by atoms with van der Waals surface area (Å²) in [5, 5.41) is 2.85. The van der Waals surface area contributed by atoms with Crippen molar-refractivity contribution in [2.24, 2.45) is 0 Å². The highest BCUT2D eigenvalue weighted by Crippen LogP contribution is 2.12. The van der Waals surface area contributed by atoms with Crippen LogP contribution in [0.3, 0.4) is 0 Å². The minimum absolute atomic E-state index is 0.0361. The quantitative estimate of drug-likeness (QED) is 0.720. The minimum atomic E-state index is -3.56. The van der Waals surface area contributed by atoms with Gasteiger partial charge in [-0.15, -0.1) is 0 Å². The first-order chi connectivity index (χ1) is 12.8. The molecule has 0 bridgehead atoms. The Morgan fingerprint density at radius 3 is 2.59 bits per heavy atom. The van der Waals surface area contributed by atoms with Crippen molar-refractivity contribution >= 4 is 22.0 Å². The third-order valence-corrected chi connectivity index (χ3v) is 5.44. The van der Waals surface area contributed by atoms with Crippen molar-refractivity contribution in [2.45, 2.75) is 32.4 Å². The average Bonchev–Trinajstić information content (AvgIpc) is 2.62. The maximum absolute atomic E-state index is 12.3. The zero-order valence-corrected chi connectivity index (χ0v) is 16.4. The Hall–Kier alpha value is -2.20. The summed E-state index contributed by atoms with van der Waals surface area (Å²) in [7, 11) is -3.56. The summed E-state index contributed by atoms with van der Waals surface area (Å²) < 4.78 is 30.1. The van der Waals surface area contributed by atoms with E-state index in [0.29, 0.717) is 38.2 Å². The largest absolute Gasteiger partial charge is 0.450 e. The fraction of sp³-hybridized carbons (Fsp3) is 0.588. The number of amides is 2. The molecule has 9 nitrogen and oxygen atoms in total. The molecule has 0 aromatic carbocycles. The Labute approximate surface area is 159 Å². The van der Waals surface area contributed by atoms with Crippen molar-refractivity contribution in [3.05, 3.63) is 30.1 Å². The molecule has 0 atom stereocenters. The molecule has 1 aliphatic rings. The van der Waals surface area contributed by atoms with Crippen molar-refractivity contribution in [3.8, 4) is 0 Å². The van der Waals surface area contributed by atoms with E-state index in [9.17, 15) is 18.0 Å². The van der Waals surface area contributed by atoms with Crippen LogP contribution in [-0.4, -0.2) is 73.1 Å². The lowest BCUT2D eigenvalue weighted by atomic mass is 10.1. The van der Waals surface area contributed by atoms with Gasteiger partial charge in [-0.2, -0.15) is 4.31 Å². The van der Waals surface area contributed by atoms with Gasteiger partial charge >= 0.3 is 6.09 Å². The second-order valence-electron chi connectivity index (χ2n) is 6.38. The first-order valence-electron chi connectivity index (χ1n) is 8.85. The highest BCUT2D eigenvalue weighted by Gasteiger charge is 2.26. The number of rotatable bonds is 7. The number of nitrogens with zero attached hydrogens (tertiary/aromatic N) is 3. The van der Waals surface area contributed by atoms with Crippen LogP contribution in [0.25, 0.3) is 0 Å². The second kappa shape index (κ2) is 9.65. The Morgan fingerprint density at radius 1 is 1.33 bits per heavy atom. The van der Waals surface area contributed by atoms with Crippen molar-refractivity contribution in [1.82, 2.24) is 19.5 Å². The van der Waals surface area contributed by atoms with Crippen molar-refractivity contribution in [3.63, 3.8) is 0 Å². The first kappa shape index (κ1) is 21.1. The monoisotopic (exact) mass is 398 g/mol. The van der Waals surface area contributed by atoms with Gasteiger partial charge in [-0.05, 0) is 31.9 Å². The maximum atomic E-state index is 12.3. The molecule has 2 rings (SSSR count). The highest BCUT2D eigenvalue weighted by molar-refractivity contribution is 7.88. The normalized spacial score (nSPS) is 15.6. The molecule has 0 saturated carbocycles. The highest BCUT2D eigenvalue weighted by atomic mass is 32.2. The molecular weight excluding hydrogens is 372 g/mol. The fourth-order valence-electron chi connectivity index (χ4n) is 2.82. The van der Waals surface area contributed by atoms with Crippen molar-refractivity contribution < 1.29 is 22.7 Å². The summed E-state index contributed by atoms with van der Waals surface area (Å²) in [5.74, 6) is -0.369. The lowest BCUT2D eigenvalue weighted by molar-refractivity contribution is -0.122. The van der Waals surface area contributed by atoms with Crippen LogP contribution in [0.5, 0.6) is 0 Å². The molecule has 2 amide bonds. The Balaban J connectivity index is 1.86. The minimum Gasteiger partial charge on any atom is -0.450 e. The van der Waals surface area contributed by atoms with Gasteiger partial charge in [0.2, 0.25) is 15.9 Å².